The molecule has 0 aromatic carbocycles. The average Bonchev–Trinajstić information content (AvgIpc) is 2.76. The maximum absolute atomic E-state index is 6.27. The Morgan fingerprint density at radius 2 is 1.89 bits per heavy atom. The molecule has 3 aliphatic heterocycles. The number of hydrogen-bond acceptors (Lipinski definition) is 5. The van der Waals surface area contributed by atoms with Crippen LogP contribution in [-0.4, -0.2) is 84.2 Å². The maximum atomic E-state index is 6.27. The smallest absolute Gasteiger partial charge is 0.0637 e. The summed E-state index contributed by atoms with van der Waals surface area (Å²) in [7, 11) is 0. The van der Waals surface area contributed by atoms with Crippen molar-refractivity contribution in [2.75, 3.05) is 52.5 Å². The van der Waals surface area contributed by atoms with Gasteiger partial charge in [0.05, 0.1) is 6.61 Å². The van der Waals surface area contributed by atoms with Gasteiger partial charge in [0.25, 0.3) is 0 Å². The minimum atomic E-state index is 0.518. The zero-order chi connectivity index (χ0) is 19.0. The summed E-state index contributed by atoms with van der Waals surface area (Å²) < 4.78 is 6.27. The van der Waals surface area contributed by atoms with Crippen molar-refractivity contribution in [1.82, 2.24) is 19.7 Å². The fraction of sp³-hybridized carbons (Fsp3) is 0.783. The van der Waals surface area contributed by atoms with Crippen molar-refractivity contribution in [1.29, 1.82) is 0 Å². The Bertz CT molecular complexity index is 563. The molecule has 3 saturated heterocycles. The van der Waals surface area contributed by atoms with Gasteiger partial charge < -0.3 is 9.64 Å². The number of ether oxygens (including phenoxy) is 1. The third-order valence-electron chi connectivity index (χ3n) is 6.86. The second kappa shape index (κ2) is 10.7. The van der Waals surface area contributed by atoms with E-state index in [0.717, 1.165) is 26.3 Å². The highest BCUT2D eigenvalue weighted by Crippen LogP contribution is 2.27. The zero-order valence-electron chi connectivity index (χ0n) is 17.5. The summed E-state index contributed by atoms with van der Waals surface area (Å²) in [6, 6.07) is 5.44. The summed E-state index contributed by atoms with van der Waals surface area (Å²) >= 11 is 0. The first-order valence-corrected chi connectivity index (χ1v) is 11.6. The molecule has 3 aliphatic rings. The summed E-state index contributed by atoms with van der Waals surface area (Å²) in [4.78, 5) is 12.3. The molecule has 5 nitrogen and oxygen atoms in total. The standard InChI is InChI=1S/C23H38N4O/c1-3-11-25(12-4-1)13-7-17-28-20-23-22-9-2-5-14-26(22)15-16-27(23)19-21-8-6-10-24-18-21/h6,8,10,18,22-23H,1-5,7,9,11-17,19-20H2. The second-order valence-electron chi connectivity index (χ2n) is 8.83. The fourth-order valence-electron chi connectivity index (χ4n) is 5.31. The van der Waals surface area contributed by atoms with Crippen LogP contribution >= 0.6 is 0 Å². The molecule has 0 N–H and O–H groups in total. The van der Waals surface area contributed by atoms with Crippen molar-refractivity contribution in [2.24, 2.45) is 0 Å². The van der Waals surface area contributed by atoms with Gasteiger partial charge in [-0.3, -0.25) is 14.8 Å². The molecule has 0 amide bonds. The van der Waals surface area contributed by atoms with E-state index in [-0.39, 0.29) is 0 Å². The maximum Gasteiger partial charge on any atom is 0.0637 e. The molecule has 0 spiro atoms. The van der Waals surface area contributed by atoms with Gasteiger partial charge in [-0.25, -0.2) is 0 Å². The fourth-order valence-corrected chi connectivity index (χ4v) is 5.31. The number of pyridine rings is 1. The Labute approximate surface area is 171 Å². The van der Waals surface area contributed by atoms with Crippen LogP contribution in [0.2, 0.25) is 0 Å². The molecule has 0 radical (unpaired) electrons. The third-order valence-corrected chi connectivity index (χ3v) is 6.86. The van der Waals surface area contributed by atoms with E-state index in [9.17, 15) is 0 Å². The van der Waals surface area contributed by atoms with Crippen LogP contribution < -0.4 is 0 Å². The van der Waals surface area contributed by atoms with Crippen molar-refractivity contribution in [2.45, 2.75) is 63.6 Å². The number of nitrogens with zero attached hydrogens (tertiary/aromatic N) is 4. The number of rotatable bonds is 8. The van der Waals surface area contributed by atoms with Gasteiger partial charge in [-0.2, -0.15) is 0 Å². The van der Waals surface area contributed by atoms with Gasteiger partial charge in [0, 0.05) is 57.3 Å². The highest BCUT2D eigenvalue weighted by atomic mass is 16.5. The molecule has 0 aliphatic carbocycles. The molecular formula is C23H38N4O. The molecule has 2 atom stereocenters. The van der Waals surface area contributed by atoms with Gasteiger partial charge in [0.1, 0.15) is 0 Å². The monoisotopic (exact) mass is 386 g/mol. The largest absolute Gasteiger partial charge is 0.380 e. The molecule has 5 heteroatoms. The third kappa shape index (κ3) is 5.53. The van der Waals surface area contributed by atoms with E-state index in [2.05, 4.69) is 31.8 Å². The molecule has 1 aromatic rings. The lowest BCUT2D eigenvalue weighted by atomic mass is 9.92. The molecule has 4 heterocycles. The second-order valence-corrected chi connectivity index (χ2v) is 8.83. The SMILES string of the molecule is c1cncc(CN2CCN3CCCCC3C2COCCCN2CCCCC2)c1. The molecule has 3 fully saturated rings. The topological polar surface area (TPSA) is 31.8 Å². The van der Waals surface area contributed by atoms with E-state index in [1.807, 2.05) is 12.4 Å². The minimum absolute atomic E-state index is 0.518. The zero-order valence-corrected chi connectivity index (χ0v) is 17.5. The van der Waals surface area contributed by atoms with Gasteiger partial charge >= 0.3 is 0 Å². The van der Waals surface area contributed by atoms with E-state index >= 15 is 0 Å². The van der Waals surface area contributed by atoms with E-state index in [1.54, 1.807) is 0 Å². The van der Waals surface area contributed by atoms with Crippen LogP contribution in [0.25, 0.3) is 0 Å². The van der Waals surface area contributed by atoms with Gasteiger partial charge in [-0.05, 0) is 63.4 Å². The normalized spacial score (nSPS) is 27.6. The van der Waals surface area contributed by atoms with Crippen molar-refractivity contribution < 1.29 is 4.74 Å². The van der Waals surface area contributed by atoms with Gasteiger partial charge in [0.2, 0.25) is 0 Å². The minimum Gasteiger partial charge on any atom is -0.380 e. The summed E-state index contributed by atoms with van der Waals surface area (Å²) in [5.74, 6) is 0. The molecule has 2 unspecified atom stereocenters. The first kappa shape index (κ1) is 20.3. The first-order chi connectivity index (χ1) is 13.9. The Kier molecular flexibility index (Phi) is 7.73. The quantitative estimate of drug-likeness (QED) is 0.641. The van der Waals surface area contributed by atoms with Crippen molar-refractivity contribution >= 4 is 0 Å². The highest BCUT2D eigenvalue weighted by molar-refractivity contribution is 5.09. The average molecular weight is 387 g/mol. The van der Waals surface area contributed by atoms with E-state index in [4.69, 9.17) is 4.74 Å². The number of aromatic nitrogens is 1. The lowest BCUT2D eigenvalue weighted by molar-refractivity contribution is -0.0459. The van der Waals surface area contributed by atoms with Gasteiger partial charge in [0.15, 0.2) is 0 Å². The Balaban J connectivity index is 1.28. The predicted octanol–water partition coefficient (Wildman–Crippen LogP) is 3.01. The summed E-state index contributed by atoms with van der Waals surface area (Å²) in [6.45, 7) is 10.2. The lowest BCUT2D eigenvalue weighted by Crippen LogP contribution is -2.62. The lowest BCUT2D eigenvalue weighted by Gasteiger charge is -2.49. The van der Waals surface area contributed by atoms with Crippen molar-refractivity contribution in [3.8, 4) is 0 Å². The van der Waals surface area contributed by atoms with Crippen LogP contribution in [0.3, 0.4) is 0 Å². The number of likely N-dealkylation sites (tertiary alicyclic amines) is 1. The Morgan fingerprint density at radius 1 is 1.00 bits per heavy atom. The predicted molar refractivity (Wildman–Crippen MR) is 113 cm³/mol. The molecular weight excluding hydrogens is 348 g/mol. The van der Waals surface area contributed by atoms with Gasteiger partial charge in [-0.1, -0.05) is 18.9 Å². The van der Waals surface area contributed by atoms with Crippen LogP contribution in [0.5, 0.6) is 0 Å². The van der Waals surface area contributed by atoms with Crippen LogP contribution in [-0.2, 0) is 11.3 Å². The number of hydrogen-bond donors (Lipinski definition) is 0. The van der Waals surface area contributed by atoms with E-state index in [0.29, 0.717) is 12.1 Å². The van der Waals surface area contributed by atoms with Crippen LogP contribution in [0.4, 0.5) is 0 Å². The van der Waals surface area contributed by atoms with Crippen LogP contribution in [0.1, 0.15) is 50.5 Å². The van der Waals surface area contributed by atoms with Gasteiger partial charge in [-0.15, -0.1) is 0 Å². The van der Waals surface area contributed by atoms with Crippen molar-refractivity contribution in [3.63, 3.8) is 0 Å². The van der Waals surface area contributed by atoms with Crippen LogP contribution in [0.15, 0.2) is 24.5 Å². The number of piperazine rings is 1. The van der Waals surface area contributed by atoms with E-state index < -0.39 is 0 Å². The van der Waals surface area contributed by atoms with Crippen molar-refractivity contribution in [3.05, 3.63) is 30.1 Å². The highest BCUT2D eigenvalue weighted by Gasteiger charge is 2.37. The van der Waals surface area contributed by atoms with E-state index in [1.165, 1.54) is 83.2 Å². The molecule has 1 aromatic heterocycles. The number of piperidine rings is 2. The molecule has 4 rings (SSSR count). The van der Waals surface area contributed by atoms with Crippen LogP contribution in [0, 0.1) is 0 Å². The molecule has 0 saturated carbocycles. The summed E-state index contributed by atoms with van der Waals surface area (Å²) in [5, 5.41) is 0. The summed E-state index contributed by atoms with van der Waals surface area (Å²) in [5.41, 5.74) is 1.32. The molecule has 28 heavy (non-hydrogen) atoms. The first-order valence-electron chi connectivity index (χ1n) is 11.6. The Morgan fingerprint density at radius 3 is 2.75 bits per heavy atom. The number of fused-ring (bicyclic) bond motifs is 1. The Hall–Kier alpha value is -1.01. The molecule has 156 valence electrons. The summed E-state index contributed by atoms with van der Waals surface area (Å²) in [6.07, 6.45) is 13.3. The molecule has 0 bridgehead atoms.